The Morgan fingerprint density at radius 3 is 2.62 bits per heavy atom. The molecule has 0 spiro atoms. The summed E-state index contributed by atoms with van der Waals surface area (Å²) in [5.74, 6) is 0.477. The molecule has 4 fully saturated rings. The number of hydrogen-bond donors (Lipinski definition) is 3. The molecular formula is C29H41NO7. The highest BCUT2D eigenvalue weighted by Crippen LogP contribution is 2.70. The highest BCUT2D eigenvalue weighted by molar-refractivity contribution is 5.68. The summed E-state index contributed by atoms with van der Waals surface area (Å²) in [6.07, 6.45) is 9.83. The van der Waals surface area contributed by atoms with Crippen LogP contribution in [0.3, 0.4) is 0 Å². The maximum atomic E-state index is 12.4. The van der Waals surface area contributed by atoms with Crippen molar-refractivity contribution in [3.05, 3.63) is 34.4 Å². The third kappa shape index (κ3) is 4.49. The molecule has 4 aliphatic rings. The third-order valence-corrected chi connectivity index (χ3v) is 11.0. The Morgan fingerprint density at radius 2 is 1.89 bits per heavy atom. The average molecular weight is 516 g/mol. The monoisotopic (exact) mass is 515 g/mol. The van der Waals surface area contributed by atoms with Crippen LogP contribution >= 0.6 is 0 Å². The van der Waals surface area contributed by atoms with E-state index >= 15 is 0 Å². The highest BCUT2D eigenvalue weighted by Gasteiger charge is 2.67. The van der Waals surface area contributed by atoms with E-state index in [-0.39, 0.29) is 40.8 Å². The highest BCUT2D eigenvalue weighted by atomic mass is 16.6. The van der Waals surface area contributed by atoms with Crippen LogP contribution in [0, 0.1) is 28.6 Å². The Labute approximate surface area is 218 Å². The van der Waals surface area contributed by atoms with Crippen LogP contribution in [0.2, 0.25) is 0 Å². The number of nitrogens with one attached hydrogen (secondary N) is 1. The molecule has 37 heavy (non-hydrogen) atoms. The van der Waals surface area contributed by atoms with Crippen LogP contribution in [0.15, 0.2) is 27.6 Å². The number of aliphatic carboxylic acids is 1. The second kappa shape index (κ2) is 9.75. The molecule has 5 rings (SSSR count). The van der Waals surface area contributed by atoms with Gasteiger partial charge >= 0.3 is 17.7 Å². The zero-order valence-corrected chi connectivity index (χ0v) is 22.0. The quantitative estimate of drug-likeness (QED) is 0.463. The number of alkyl carbamates (subject to hydrolysis) is 1. The summed E-state index contributed by atoms with van der Waals surface area (Å²) in [5.41, 5.74) is -0.165. The Kier molecular flexibility index (Phi) is 6.92. The van der Waals surface area contributed by atoms with Gasteiger partial charge in [0.05, 0.1) is 11.9 Å². The molecule has 8 atom stereocenters. The molecule has 0 aliphatic heterocycles. The van der Waals surface area contributed by atoms with Crippen LogP contribution < -0.4 is 10.9 Å². The number of ether oxygens (including phenoxy) is 1. The van der Waals surface area contributed by atoms with Crippen LogP contribution in [0.1, 0.15) is 96.0 Å². The average Bonchev–Trinajstić information content (AvgIpc) is 3.14. The Bertz CT molecular complexity index is 1070. The van der Waals surface area contributed by atoms with E-state index in [2.05, 4.69) is 19.2 Å². The zero-order chi connectivity index (χ0) is 26.4. The van der Waals surface area contributed by atoms with Gasteiger partial charge in [-0.15, -0.1) is 0 Å². The molecule has 1 heterocycles. The fourth-order valence-corrected chi connectivity index (χ4v) is 9.02. The van der Waals surface area contributed by atoms with Gasteiger partial charge in [-0.25, -0.2) is 9.59 Å². The number of aliphatic hydroxyl groups is 1. The minimum absolute atomic E-state index is 0.0284. The van der Waals surface area contributed by atoms with Gasteiger partial charge < -0.3 is 24.7 Å². The number of carbonyl (C=O) groups is 2. The van der Waals surface area contributed by atoms with Crippen LogP contribution in [0.4, 0.5) is 4.79 Å². The lowest BCUT2D eigenvalue weighted by Crippen LogP contribution is -2.62. The van der Waals surface area contributed by atoms with E-state index in [1.54, 1.807) is 6.26 Å². The van der Waals surface area contributed by atoms with E-state index < -0.39 is 17.7 Å². The van der Waals surface area contributed by atoms with Crippen molar-refractivity contribution < 1.29 is 29.0 Å². The van der Waals surface area contributed by atoms with Crippen molar-refractivity contribution in [2.75, 3.05) is 6.54 Å². The number of amides is 1. The lowest BCUT2D eigenvalue weighted by molar-refractivity contribution is -0.205. The lowest BCUT2D eigenvalue weighted by Gasteiger charge is -2.63. The van der Waals surface area contributed by atoms with Gasteiger partial charge in [0.2, 0.25) is 0 Å². The van der Waals surface area contributed by atoms with E-state index in [0.717, 1.165) is 63.4 Å². The number of carboxylic acid groups (broad SMARTS) is 1. The number of fused-ring (bicyclic) bond motifs is 5. The van der Waals surface area contributed by atoms with Gasteiger partial charge in [0.15, 0.2) is 0 Å². The summed E-state index contributed by atoms with van der Waals surface area (Å²) < 4.78 is 10.9. The minimum atomic E-state index is -0.869. The van der Waals surface area contributed by atoms with Crippen molar-refractivity contribution in [3.8, 4) is 0 Å². The summed E-state index contributed by atoms with van der Waals surface area (Å²) in [5, 5.41) is 23.8. The molecule has 0 saturated heterocycles. The first-order valence-corrected chi connectivity index (χ1v) is 14.0. The molecule has 8 heteroatoms. The van der Waals surface area contributed by atoms with E-state index in [9.17, 15) is 19.5 Å². The zero-order valence-electron chi connectivity index (χ0n) is 22.0. The van der Waals surface area contributed by atoms with Crippen molar-refractivity contribution in [3.63, 3.8) is 0 Å². The van der Waals surface area contributed by atoms with Gasteiger partial charge in [-0.1, -0.05) is 13.8 Å². The number of carboxylic acids is 1. The van der Waals surface area contributed by atoms with Crippen molar-refractivity contribution >= 4 is 12.1 Å². The Hall–Kier alpha value is -2.35. The molecule has 3 N–H and O–H groups in total. The van der Waals surface area contributed by atoms with Gasteiger partial charge in [-0.05, 0) is 105 Å². The maximum absolute atomic E-state index is 12.4. The van der Waals surface area contributed by atoms with Crippen molar-refractivity contribution in [2.45, 2.75) is 102 Å². The van der Waals surface area contributed by atoms with E-state index in [1.807, 2.05) is 6.07 Å². The lowest BCUT2D eigenvalue weighted by atomic mass is 9.43. The van der Waals surface area contributed by atoms with E-state index in [4.69, 9.17) is 14.3 Å². The van der Waals surface area contributed by atoms with E-state index in [0.29, 0.717) is 24.8 Å². The fraction of sp³-hybridized carbons (Fsp3) is 0.759. The smallest absolute Gasteiger partial charge is 0.407 e. The van der Waals surface area contributed by atoms with Crippen LogP contribution in [-0.4, -0.2) is 40.5 Å². The molecule has 4 saturated carbocycles. The summed E-state index contributed by atoms with van der Waals surface area (Å²) in [7, 11) is 0. The second-order valence-corrected chi connectivity index (χ2v) is 12.6. The Morgan fingerprint density at radius 1 is 1.08 bits per heavy atom. The maximum Gasteiger partial charge on any atom is 0.407 e. The summed E-state index contributed by atoms with van der Waals surface area (Å²) >= 11 is 0. The van der Waals surface area contributed by atoms with Crippen LogP contribution in [0.25, 0.3) is 0 Å². The van der Waals surface area contributed by atoms with Gasteiger partial charge in [-0.2, -0.15) is 0 Å². The molecular weight excluding hydrogens is 474 g/mol. The first-order valence-electron chi connectivity index (χ1n) is 14.0. The fourth-order valence-electron chi connectivity index (χ4n) is 9.02. The normalized spacial score (nSPS) is 40.7. The second-order valence-electron chi connectivity index (χ2n) is 12.6. The predicted molar refractivity (Wildman–Crippen MR) is 136 cm³/mol. The number of carbonyl (C=O) groups excluding carboxylic acids is 1. The molecule has 8 unspecified atom stereocenters. The van der Waals surface area contributed by atoms with Crippen molar-refractivity contribution in [1.29, 1.82) is 0 Å². The van der Waals surface area contributed by atoms with Crippen LogP contribution in [-0.2, 0) is 9.53 Å². The molecule has 8 nitrogen and oxygen atoms in total. The molecule has 1 amide bonds. The molecule has 0 radical (unpaired) electrons. The number of hydrogen-bond acceptors (Lipinski definition) is 6. The predicted octanol–water partition coefficient (Wildman–Crippen LogP) is 4.84. The molecule has 204 valence electrons. The molecule has 0 aromatic carbocycles. The van der Waals surface area contributed by atoms with Gasteiger partial charge in [0.25, 0.3) is 0 Å². The third-order valence-electron chi connectivity index (χ3n) is 11.0. The van der Waals surface area contributed by atoms with Gasteiger partial charge in [-0.3, -0.25) is 4.79 Å². The molecule has 1 aromatic rings. The molecule has 1 aromatic heterocycles. The Balaban J connectivity index is 1.24. The van der Waals surface area contributed by atoms with Crippen molar-refractivity contribution in [1.82, 2.24) is 5.32 Å². The number of rotatable bonds is 6. The summed E-state index contributed by atoms with van der Waals surface area (Å²) in [4.78, 5) is 34.4. The summed E-state index contributed by atoms with van der Waals surface area (Å²) in [6.45, 7) is 4.96. The first kappa shape index (κ1) is 26.3. The van der Waals surface area contributed by atoms with Gasteiger partial charge in [0, 0.05) is 24.4 Å². The van der Waals surface area contributed by atoms with Crippen molar-refractivity contribution in [2.24, 2.45) is 28.6 Å². The SMILES string of the molecule is CC12CCC(OC(=O)NCCCC(=O)O)CC1CCC1C2CCC2(C)C(c3ccc(=O)oc3)CCC12O. The topological polar surface area (TPSA) is 126 Å². The van der Waals surface area contributed by atoms with Crippen LogP contribution in [0.5, 0.6) is 0 Å². The van der Waals surface area contributed by atoms with Gasteiger partial charge in [0.1, 0.15) is 6.10 Å². The summed E-state index contributed by atoms with van der Waals surface area (Å²) in [6, 6.07) is 3.37. The molecule has 0 bridgehead atoms. The minimum Gasteiger partial charge on any atom is -0.481 e. The molecule has 4 aliphatic carbocycles. The standard InChI is InChI=1S/C29H41NO7/c1-27-12-9-20(37-26(34)30-15-3-4-24(31)32)16-19(27)6-7-23-22(27)10-13-28(2)21(11-14-29(23,28)35)18-5-8-25(33)36-17-18/h5,8,17,19-23,35H,3-4,6-7,9-16H2,1-2H3,(H,30,34)(H,31,32). The first-order chi connectivity index (χ1) is 17.6. The largest absolute Gasteiger partial charge is 0.481 e. The van der Waals surface area contributed by atoms with E-state index in [1.165, 1.54) is 6.07 Å².